The molecule has 10 heteroatoms. The van der Waals surface area contributed by atoms with Gasteiger partial charge in [0.2, 0.25) is 0 Å². The van der Waals surface area contributed by atoms with E-state index in [2.05, 4.69) is 70.1 Å². The average Bonchev–Trinajstić information content (AvgIpc) is 3.41. The molecular formula is C21H27N9S. The molecule has 1 saturated heterocycles. The first-order chi connectivity index (χ1) is 14.7. The quantitative estimate of drug-likeness (QED) is 0.447. The van der Waals surface area contributed by atoms with Crippen LogP contribution >= 0.6 is 11.3 Å². The number of nitrogens with zero attached hydrogens (tertiary/aromatic N) is 6. The Morgan fingerprint density at radius 1 is 1.00 bits per heavy atom. The molecule has 0 atom stereocenters. The Labute approximate surface area is 184 Å². The minimum Gasteiger partial charge on any atom is -0.348 e. The van der Waals surface area contributed by atoms with Crippen molar-refractivity contribution in [1.29, 1.82) is 0 Å². The van der Waals surface area contributed by atoms with Crippen LogP contribution in [0.25, 0.3) is 33.3 Å². The number of aromatic amines is 2. The van der Waals surface area contributed by atoms with E-state index in [1.165, 1.54) is 0 Å². The Morgan fingerprint density at radius 3 is 2.32 bits per heavy atom. The molecule has 0 unspecified atom stereocenters. The molecule has 1 aliphatic heterocycles. The number of imidazole rings is 1. The molecule has 4 aromatic heterocycles. The second kappa shape index (κ2) is 7.10. The molecule has 0 spiro atoms. The van der Waals surface area contributed by atoms with Crippen LogP contribution in [-0.2, 0) is 0 Å². The van der Waals surface area contributed by atoms with Gasteiger partial charge in [-0.05, 0) is 40.5 Å². The van der Waals surface area contributed by atoms with E-state index in [1.54, 1.807) is 36.1 Å². The zero-order valence-corrected chi connectivity index (χ0v) is 19.2. The molecule has 1 aliphatic rings. The van der Waals surface area contributed by atoms with Crippen molar-refractivity contribution in [2.45, 2.75) is 57.7 Å². The second-order valence-electron chi connectivity index (χ2n) is 9.58. The SMILES string of the molecule is CN(c1nc2[nH]c(-c3cnc(-c4cn[nH]c4)nc3)nc2s1)C1CC(C)(C)NC(C)(C)C1. The van der Waals surface area contributed by atoms with Gasteiger partial charge < -0.3 is 15.2 Å². The first-order valence-corrected chi connectivity index (χ1v) is 11.2. The predicted octanol–water partition coefficient (Wildman–Crippen LogP) is 3.61. The van der Waals surface area contributed by atoms with Gasteiger partial charge >= 0.3 is 0 Å². The topological polar surface area (TPSA) is 111 Å². The summed E-state index contributed by atoms with van der Waals surface area (Å²) in [6.07, 6.45) is 9.14. The van der Waals surface area contributed by atoms with E-state index in [1.807, 2.05) is 0 Å². The molecule has 0 aliphatic carbocycles. The number of fused-ring (bicyclic) bond motifs is 1. The van der Waals surface area contributed by atoms with Crippen molar-refractivity contribution in [2.24, 2.45) is 0 Å². The monoisotopic (exact) mass is 437 g/mol. The van der Waals surface area contributed by atoms with Gasteiger partial charge in [0, 0.05) is 42.8 Å². The number of anilines is 1. The third-order valence-corrected chi connectivity index (χ3v) is 6.79. The van der Waals surface area contributed by atoms with Gasteiger partial charge in [0.1, 0.15) is 5.82 Å². The largest absolute Gasteiger partial charge is 0.348 e. The molecule has 31 heavy (non-hydrogen) atoms. The van der Waals surface area contributed by atoms with Crippen LogP contribution in [0.1, 0.15) is 40.5 Å². The molecule has 0 amide bonds. The van der Waals surface area contributed by atoms with Crippen molar-refractivity contribution in [3.05, 3.63) is 24.8 Å². The van der Waals surface area contributed by atoms with Crippen LogP contribution in [0.4, 0.5) is 5.13 Å². The highest BCUT2D eigenvalue weighted by Gasteiger charge is 2.39. The first-order valence-electron chi connectivity index (χ1n) is 10.4. The normalized spacial score (nSPS) is 18.5. The fourth-order valence-corrected chi connectivity index (χ4v) is 5.59. The van der Waals surface area contributed by atoms with Crippen molar-refractivity contribution in [1.82, 2.24) is 40.4 Å². The maximum absolute atomic E-state index is 4.84. The lowest BCUT2D eigenvalue weighted by molar-refractivity contribution is 0.161. The van der Waals surface area contributed by atoms with E-state index in [0.717, 1.165) is 45.4 Å². The lowest BCUT2D eigenvalue weighted by Gasteiger charge is -2.48. The molecule has 5 heterocycles. The highest BCUT2D eigenvalue weighted by atomic mass is 32.1. The van der Waals surface area contributed by atoms with Gasteiger partial charge in [0.25, 0.3) is 0 Å². The molecule has 1 fully saturated rings. The molecule has 4 aromatic rings. The molecule has 0 saturated carbocycles. The first kappa shape index (κ1) is 20.1. The molecule has 3 N–H and O–H groups in total. The average molecular weight is 438 g/mol. The van der Waals surface area contributed by atoms with Crippen LogP contribution in [0.3, 0.4) is 0 Å². The predicted molar refractivity (Wildman–Crippen MR) is 123 cm³/mol. The van der Waals surface area contributed by atoms with Gasteiger partial charge in [-0.3, -0.25) is 5.10 Å². The van der Waals surface area contributed by atoms with Crippen LogP contribution in [0.5, 0.6) is 0 Å². The van der Waals surface area contributed by atoms with Crippen LogP contribution in [0.2, 0.25) is 0 Å². The maximum atomic E-state index is 4.84. The van der Waals surface area contributed by atoms with Gasteiger partial charge in [-0.2, -0.15) is 5.10 Å². The minimum atomic E-state index is 0.0901. The van der Waals surface area contributed by atoms with E-state index in [-0.39, 0.29) is 11.1 Å². The summed E-state index contributed by atoms with van der Waals surface area (Å²) in [6, 6.07) is 0.421. The zero-order valence-electron chi connectivity index (χ0n) is 18.4. The molecular weight excluding hydrogens is 410 g/mol. The van der Waals surface area contributed by atoms with E-state index in [9.17, 15) is 0 Å². The fourth-order valence-electron chi connectivity index (χ4n) is 4.66. The van der Waals surface area contributed by atoms with Crippen LogP contribution < -0.4 is 10.2 Å². The number of piperidine rings is 1. The van der Waals surface area contributed by atoms with Gasteiger partial charge in [-0.1, -0.05) is 11.3 Å². The Kier molecular flexibility index (Phi) is 4.60. The standard InChI is InChI=1S/C21H27N9S/c1-20(2)6-14(7-21(3,4)29-20)30(5)19-28-17-18(31-19)27-16(26-17)12-8-22-15(23-9-12)13-10-24-25-11-13/h8-11,14,29H,6-7H2,1-5H3,(H,24,25)(H,26,27). The molecule has 9 nitrogen and oxygen atoms in total. The van der Waals surface area contributed by atoms with Gasteiger partial charge in [0.05, 0.1) is 17.3 Å². The van der Waals surface area contributed by atoms with Crippen LogP contribution in [-0.4, -0.2) is 59.3 Å². The molecule has 0 bridgehead atoms. The van der Waals surface area contributed by atoms with E-state index >= 15 is 0 Å². The summed E-state index contributed by atoms with van der Waals surface area (Å²) in [5.41, 5.74) is 2.66. The second-order valence-corrected chi connectivity index (χ2v) is 10.5. The Hall–Kier alpha value is -2.85. The van der Waals surface area contributed by atoms with Crippen molar-refractivity contribution < 1.29 is 0 Å². The van der Waals surface area contributed by atoms with Gasteiger partial charge in [-0.15, -0.1) is 0 Å². The van der Waals surface area contributed by atoms with Gasteiger partial charge in [-0.25, -0.2) is 19.9 Å². The van der Waals surface area contributed by atoms with Crippen LogP contribution in [0.15, 0.2) is 24.8 Å². The van der Waals surface area contributed by atoms with Crippen molar-refractivity contribution >= 4 is 26.9 Å². The number of rotatable bonds is 4. The summed E-state index contributed by atoms with van der Waals surface area (Å²) in [5.74, 6) is 1.35. The van der Waals surface area contributed by atoms with Crippen molar-refractivity contribution in [3.63, 3.8) is 0 Å². The Balaban J connectivity index is 1.37. The summed E-state index contributed by atoms with van der Waals surface area (Å²) in [4.78, 5) is 25.0. The number of nitrogens with one attached hydrogen (secondary N) is 3. The third kappa shape index (κ3) is 3.92. The van der Waals surface area contributed by atoms with E-state index in [4.69, 9.17) is 9.97 Å². The van der Waals surface area contributed by atoms with Crippen molar-refractivity contribution in [3.8, 4) is 22.8 Å². The number of hydrogen-bond donors (Lipinski definition) is 3. The highest BCUT2D eigenvalue weighted by molar-refractivity contribution is 7.21. The summed E-state index contributed by atoms with van der Waals surface area (Å²) in [6.45, 7) is 9.09. The van der Waals surface area contributed by atoms with E-state index < -0.39 is 0 Å². The smallest absolute Gasteiger partial charge is 0.189 e. The summed E-state index contributed by atoms with van der Waals surface area (Å²) in [7, 11) is 2.14. The number of hydrogen-bond acceptors (Lipinski definition) is 8. The van der Waals surface area contributed by atoms with Gasteiger partial charge in [0.15, 0.2) is 21.4 Å². The third-order valence-electron chi connectivity index (χ3n) is 5.75. The molecule has 5 rings (SSSR count). The summed E-state index contributed by atoms with van der Waals surface area (Å²) >= 11 is 1.61. The molecule has 162 valence electrons. The molecule has 0 aromatic carbocycles. The zero-order chi connectivity index (χ0) is 21.8. The highest BCUT2D eigenvalue weighted by Crippen LogP contribution is 2.36. The Bertz CT molecular complexity index is 1140. The van der Waals surface area contributed by atoms with Crippen LogP contribution in [0, 0.1) is 0 Å². The fraction of sp³-hybridized carbons (Fsp3) is 0.476. The number of aromatic nitrogens is 7. The summed E-state index contributed by atoms with van der Waals surface area (Å²) < 4.78 is 0. The summed E-state index contributed by atoms with van der Waals surface area (Å²) in [5, 5.41) is 11.4. The maximum Gasteiger partial charge on any atom is 0.189 e. The number of thiazole rings is 1. The minimum absolute atomic E-state index is 0.0901. The number of H-pyrrole nitrogens is 2. The lowest BCUT2D eigenvalue weighted by Crippen LogP contribution is -2.61. The van der Waals surface area contributed by atoms with Crippen molar-refractivity contribution in [2.75, 3.05) is 11.9 Å². The molecule has 0 radical (unpaired) electrons. The van der Waals surface area contributed by atoms with E-state index in [0.29, 0.717) is 11.9 Å². The Morgan fingerprint density at radius 2 is 1.71 bits per heavy atom. The lowest BCUT2D eigenvalue weighted by atomic mass is 9.79.